The number of aromatic amines is 1. The summed E-state index contributed by atoms with van der Waals surface area (Å²) in [5.41, 5.74) is 4.73. The molecular weight excluding hydrogens is 226 g/mol. The molecule has 2 aromatic rings. The van der Waals surface area contributed by atoms with E-state index in [0.29, 0.717) is 0 Å². The molecule has 0 aliphatic carbocycles. The van der Waals surface area contributed by atoms with Crippen molar-refractivity contribution in [1.29, 1.82) is 0 Å². The summed E-state index contributed by atoms with van der Waals surface area (Å²) in [5.74, 6) is 0.882. The van der Waals surface area contributed by atoms with Crippen molar-refractivity contribution in [1.82, 2.24) is 15.5 Å². The zero-order valence-electron chi connectivity index (χ0n) is 11.1. The highest BCUT2D eigenvalue weighted by Gasteiger charge is 2.09. The highest BCUT2D eigenvalue weighted by molar-refractivity contribution is 5.33. The Hall–Kier alpha value is -1.81. The summed E-state index contributed by atoms with van der Waals surface area (Å²) < 4.78 is 5.15. The minimum Gasteiger partial charge on any atom is -0.497 e. The van der Waals surface area contributed by atoms with Crippen LogP contribution >= 0.6 is 0 Å². The predicted octanol–water partition coefficient (Wildman–Crippen LogP) is 2.04. The maximum Gasteiger partial charge on any atom is 0.118 e. The zero-order chi connectivity index (χ0) is 13.0. The van der Waals surface area contributed by atoms with Gasteiger partial charge in [0, 0.05) is 24.2 Å². The second kappa shape index (κ2) is 5.69. The van der Waals surface area contributed by atoms with Gasteiger partial charge in [0.25, 0.3) is 0 Å². The van der Waals surface area contributed by atoms with Crippen LogP contribution in [0.5, 0.6) is 5.75 Å². The van der Waals surface area contributed by atoms with Gasteiger partial charge in [-0.05, 0) is 31.7 Å². The van der Waals surface area contributed by atoms with Gasteiger partial charge in [0.15, 0.2) is 0 Å². The van der Waals surface area contributed by atoms with Crippen molar-refractivity contribution in [3.8, 4) is 5.75 Å². The third-order valence-electron chi connectivity index (χ3n) is 3.04. The van der Waals surface area contributed by atoms with Gasteiger partial charge in [-0.25, -0.2) is 0 Å². The van der Waals surface area contributed by atoms with Crippen LogP contribution in [-0.4, -0.2) is 24.4 Å². The zero-order valence-corrected chi connectivity index (χ0v) is 11.1. The van der Waals surface area contributed by atoms with Crippen LogP contribution in [-0.2, 0) is 13.0 Å². The van der Waals surface area contributed by atoms with Gasteiger partial charge in [0.2, 0.25) is 0 Å². The largest absolute Gasteiger partial charge is 0.497 e. The number of H-pyrrole nitrogens is 1. The van der Waals surface area contributed by atoms with Crippen LogP contribution in [0.25, 0.3) is 0 Å². The summed E-state index contributed by atoms with van der Waals surface area (Å²) in [6.07, 6.45) is 0.839. The number of methoxy groups -OCH3 is 1. The van der Waals surface area contributed by atoms with Gasteiger partial charge in [-0.1, -0.05) is 12.1 Å². The lowest BCUT2D eigenvalue weighted by Crippen LogP contribution is -2.08. The molecule has 0 saturated carbocycles. The molecule has 1 aromatic heterocycles. The third kappa shape index (κ3) is 2.71. The van der Waals surface area contributed by atoms with Crippen molar-refractivity contribution in [3.63, 3.8) is 0 Å². The van der Waals surface area contributed by atoms with Gasteiger partial charge < -0.3 is 10.1 Å². The molecule has 1 aromatic carbocycles. The SMILES string of the molecule is CNCc1c(Cc2ccc(OC)cc2)n[nH]c1C. The van der Waals surface area contributed by atoms with Gasteiger partial charge in [-0.3, -0.25) is 5.10 Å². The van der Waals surface area contributed by atoms with Gasteiger partial charge in [-0.2, -0.15) is 5.10 Å². The Morgan fingerprint density at radius 2 is 2.00 bits per heavy atom. The van der Waals surface area contributed by atoms with Gasteiger partial charge >= 0.3 is 0 Å². The number of ether oxygens (including phenoxy) is 1. The van der Waals surface area contributed by atoms with Crippen LogP contribution in [0, 0.1) is 6.92 Å². The minimum atomic E-state index is 0.839. The Bertz CT molecular complexity index is 502. The molecule has 0 bridgehead atoms. The van der Waals surface area contributed by atoms with Gasteiger partial charge in [0.1, 0.15) is 5.75 Å². The number of aryl methyl sites for hydroxylation is 1. The maximum atomic E-state index is 5.15. The van der Waals surface area contributed by atoms with Crippen molar-refractivity contribution >= 4 is 0 Å². The first-order valence-electron chi connectivity index (χ1n) is 6.05. The molecule has 4 nitrogen and oxygen atoms in total. The van der Waals surface area contributed by atoms with Crippen molar-refractivity contribution in [3.05, 3.63) is 46.8 Å². The Kier molecular flexibility index (Phi) is 3.99. The lowest BCUT2D eigenvalue weighted by Gasteiger charge is -2.05. The number of hydrogen-bond donors (Lipinski definition) is 2. The van der Waals surface area contributed by atoms with Crippen LogP contribution in [0.15, 0.2) is 24.3 Å². The van der Waals surface area contributed by atoms with E-state index in [0.717, 1.165) is 30.1 Å². The van der Waals surface area contributed by atoms with E-state index in [9.17, 15) is 0 Å². The fourth-order valence-electron chi connectivity index (χ4n) is 2.00. The molecule has 2 rings (SSSR count). The molecule has 18 heavy (non-hydrogen) atoms. The van der Waals surface area contributed by atoms with Gasteiger partial charge in [-0.15, -0.1) is 0 Å². The Balaban J connectivity index is 2.17. The van der Waals surface area contributed by atoms with Crippen molar-refractivity contribution in [2.24, 2.45) is 0 Å². The molecule has 0 fully saturated rings. The van der Waals surface area contributed by atoms with E-state index in [4.69, 9.17) is 4.74 Å². The lowest BCUT2D eigenvalue weighted by atomic mass is 10.1. The Morgan fingerprint density at radius 1 is 1.28 bits per heavy atom. The number of hydrogen-bond acceptors (Lipinski definition) is 3. The van der Waals surface area contributed by atoms with E-state index < -0.39 is 0 Å². The molecular formula is C14H19N3O. The smallest absolute Gasteiger partial charge is 0.118 e. The number of nitrogens with one attached hydrogen (secondary N) is 2. The summed E-state index contributed by atoms with van der Waals surface area (Å²) >= 11 is 0. The molecule has 0 unspecified atom stereocenters. The molecule has 0 saturated heterocycles. The highest BCUT2D eigenvalue weighted by Crippen LogP contribution is 2.17. The molecule has 0 aliphatic heterocycles. The highest BCUT2D eigenvalue weighted by atomic mass is 16.5. The fourth-order valence-corrected chi connectivity index (χ4v) is 2.00. The maximum absolute atomic E-state index is 5.15. The Morgan fingerprint density at radius 3 is 2.61 bits per heavy atom. The summed E-state index contributed by atoms with van der Waals surface area (Å²) in [4.78, 5) is 0. The minimum absolute atomic E-state index is 0.839. The molecule has 0 radical (unpaired) electrons. The van der Waals surface area contributed by atoms with Crippen LogP contribution in [0.4, 0.5) is 0 Å². The quantitative estimate of drug-likeness (QED) is 0.847. The van der Waals surface area contributed by atoms with Crippen molar-refractivity contribution in [2.45, 2.75) is 19.9 Å². The molecule has 0 atom stereocenters. The molecule has 4 heteroatoms. The first-order chi connectivity index (χ1) is 8.74. The van der Waals surface area contributed by atoms with E-state index in [1.165, 1.54) is 11.1 Å². The number of rotatable bonds is 5. The monoisotopic (exact) mass is 245 g/mol. The summed E-state index contributed by atoms with van der Waals surface area (Å²) in [7, 11) is 3.63. The summed E-state index contributed by atoms with van der Waals surface area (Å²) in [6, 6.07) is 8.11. The molecule has 0 spiro atoms. The first-order valence-corrected chi connectivity index (χ1v) is 6.05. The summed E-state index contributed by atoms with van der Waals surface area (Å²) in [6.45, 7) is 2.89. The van der Waals surface area contributed by atoms with E-state index >= 15 is 0 Å². The molecule has 2 N–H and O–H groups in total. The third-order valence-corrected chi connectivity index (χ3v) is 3.04. The summed E-state index contributed by atoms with van der Waals surface area (Å²) in [5, 5.41) is 10.6. The Labute approximate surface area is 107 Å². The standard InChI is InChI=1S/C14H19N3O/c1-10-13(9-15-2)14(17-16-10)8-11-4-6-12(18-3)7-5-11/h4-7,15H,8-9H2,1-3H3,(H,16,17). The fraction of sp³-hybridized carbons (Fsp3) is 0.357. The topological polar surface area (TPSA) is 49.9 Å². The first kappa shape index (κ1) is 12.6. The number of nitrogens with zero attached hydrogens (tertiary/aromatic N) is 1. The molecule has 1 heterocycles. The number of aromatic nitrogens is 2. The second-order valence-corrected chi connectivity index (χ2v) is 4.33. The van der Waals surface area contributed by atoms with Crippen LogP contribution < -0.4 is 10.1 Å². The molecule has 96 valence electrons. The second-order valence-electron chi connectivity index (χ2n) is 4.33. The van der Waals surface area contributed by atoms with Crippen LogP contribution in [0.2, 0.25) is 0 Å². The average molecular weight is 245 g/mol. The van der Waals surface area contributed by atoms with Gasteiger partial charge in [0.05, 0.1) is 12.8 Å². The molecule has 0 amide bonds. The van der Waals surface area contributed by atoms with E-state index in [1.807, 2.05) is 19.2 Å². The lowest BCUT2D eigenvalue weighted by molar-refractivity contribution is 0.414. The van der Waals surface area contributed by atoms with Crippen molar-refractivity contribution < 1.29 is 4.74 Å². The van der Waals surface area contributed by atoms with E-state index in [-0.39, 0.29) is 0 Å². The average Bonchev–Trinajstić information content (AvgIpc) is 2.73. The number of benzene rings is 1. The van der Waals surface area contributed by atoms with Crippen LogP contribution in [0.1, 0.15) is 22.5 Å². The predicted molar refractivity (Wildman–Crippen MR) is 71.9 cm³/mol. The molecule has 0 aliphatic rings. The van der Waals surface area contributed by atoms with E-state index in [2.05, 4.69) is 34.6 Å². The van der Waals surface area contributed by atoms with Crippen molar-refractivity contribution in [2.75, 3.05) is 14.2 Å². The van der Waals surface area contributed by atoms with E-state index in [1.54, 1.807) is 7.11 Å². The normalized spacial score (nSPS) is 10.6. The van der Waals surface area contributed by atoms with Crippen LogP contribution in [0.3, 0.4) is 0 Å².